The van der Waals surface area contributed by atoms with Crippen molar-refractivity contribution < 1.29 is 4.74 Å². The van der Waals surface area contributed by atoms with Crippen molar-refractivity contribution in [3.05, 3.63) is 29.8 Å². The lowest BCUT2D eigenvalue weighted by Gasteiger charge is -2.41. The van der Waals surface area contributed by atoms with Crippen molar-refractivity contribution in [2.75, 3.05) is 13.2 Å². The van der Waals surface area contributed by atoms with Crippen molar-refractivity contribution in [2.45, 2.75) is 32.6 Å². The average molecular weight is 219 g/mol. The quantitative estimate of drug-likeness (QED) is 0.826. The van der Waals surface area contributed by atoms with Crippen molar-refractivity contribution in [1.82, 2.24) is 0 Å². The molecular formula is C14H21NO. The predicted octanol–water partition coefficient (Wildman–Crippen LogP) is 2.76. The van der Waals surface area contributed by atoms with E-state index in [4.69, 9.17) is 10.5 Å². The van der Waals surface area contributed by atoms with E-state index < -0.39 is 0 Å². The lowest BCUT2D eigenvalue weighted by atomic mass is 9.65. The molecule has 0 radical (unpaired) electrons. The zero-order valence-electron chi connectivity index (χ0n) is 10.0. The molecule has 0 bridgehead atoms. The van der Waals surface area contributed by atoms with Gasteiger partial charge in [-0.1, -0.05) is 18.6 Å². The number of benzene rings is 1. The zero-order valence-corrected chi connectivity index (χ0v) is 10.0. The Morgan fingerprint density at radius 1 is 1.25 bits per heavy atom. The first-order valence-corrected chi connectivity index (χ1v) is 6.20. The monoisotopic (exact) mass is 219 g/mol. The van der Waals surface area contributed by atoms with Gasteiger partial charge in [0.2, 0.25) is 0 Å². The van der Waals surface area contributed by atoms with Gasteiger partial charge in [-0.15, -0.1) is 0 Å². The maximum Gasteiger partial charge on any atom is 0.119 e. The van der Waals surface area contributed by atoms with E-state index in [1.807, 2.05) is 6.92 Å². The summed E-state index contributed by atoms with van der Waals surface area (Å²) in [7, 11) is 0. The Kier molecular flexibility index (Phi) is 3.49. The highest BCUT2D eigenvalue weighted by atomic mass is 16.5. The van der Waals surface area contributed by atoms with Crippen LogP contribution in [0.2, 0.25) is 0 Å². The fraction of sp³-hybridized carbons (Fsp3) is 0.571. The molecule has 0 saturated heterocycles. The highest BCUT2D eigenvalue weighted by Gasteiger charge is 2.35. The second-order valence-electron chi connectivity index (χ2n) is 4.81. The lowest BCUT2D eigenvalue weighted by Crippen LogP contribution is -2.39. The molecule has 1 aromatic carbocycles. The maximum atomic E-state index is 5.87. The summed E-state index contributed by atoms with van der Waals surface area (Å²) in [5.74, 6) is 0.960. The molecule has 1 fully saturated rings. The summed E-state index contributed by atoms with van der Waals surface area (Å²) in [6, 6.07) is 8.45. The molecule has 1 saturated carbocycles. The van der Waals surface area contributed by atoms with Gasteiger partial charge in [-0.25, -0.2) is 0 Å². The molecule has 0 aromatic heterocycles. The van der Waals surface area contributed by atoms with Crippen LogP contribution >= 0.6 is 0 Å². The summed E-state index contributed by atoms with van der Waals surface area (Å²) in [4.78, 5) is 0. The molecule has 16 heavy (non-hydrogen) atoms. The minimum atomic E-state index is 0.396. The van der Waals surface area contributed by atoms with Crippen molar-refractivity contribution in [1.29, 1.82) is 0 Å². The zero-order chi connectivity index (χ0) is 11.4. The Bertz CT molecular complexity index is 322. The molecule has 1 aromatic rings. The van der Waals surface area contributed by atoms with Crippen LogP contribution in [0.1, 0.15) is 31.7 Å². The third kappa shape index (κ3) is 2.38. The van der Waals surface area contributed by atoms with Gasteiger partial charge in [-0.3, -0.25) is 0 Å². The first-order valence-electron chi connectivity index (χ1n) is 6.20. The third-order valence-electron chi connectivity index (χ3n) is 3.66. The van der Waals surface area contributed by atoms with Crippen molar-refractivity contribution >= 4 is 0 Å². The van der Waals surface area contributed by atoms with Gasteiger partial charge in [0.05, 0.1) is 6.61 Å². The molecule has 2 rings (SSSR count). The van der Waals surface area contributed by atoms with Crippen LogP contribution in [0, 0.1) is 5.41 Å². The van der Waals surface area contributed by atoms with E-state index in [2.05, 4.69) is 24.3 Å². The van der Waals surface area contributed by atoms with E-state index in [1.165, 1.54) is 24.8 Å². The Morgan fingerprint density at radius 2 is 1.94 bits per heavy atom. The van der Waals surface area contributed by atoms with E-state index in [9.17, 15) is 0 Å². The Hall–Kier alpha value is -1.02. The maximum absolute atomic E-state index is 5.87. The minimum absolute atomic E-state index is 0.396. The molecule has 0 amide bonds. The van der Waals surface area contributed by atoms with Crippen LogP contribution < -0.4 is 10.5 Å². The van der Waals surface area contributed by atoms with E-state index in [0.717, 1.165) is 25.3 Å². The summed E-state index contributed by atoms with van der Waals surface area (Å²) < 4.78 is 5.43. The lowest BCUT2D eigenvalue weighted by molar-refractivity contribution is 0.145. The molecule has 0 heterocycles. The first kappa shape index (κ1) is 11.5. The van der Waals surface area contributed by atoms with Crippen molar-refractivity contribution in [3.8, 4) is 5.75 Å². The van der Waals surface area contributed by atoms with Crippen LogP contribution in [0.3, 0.4) is 0 Å². The Morgan fingerprint density at radius 3 is 2.38 bits per heavy atom. The minimum Gasteiger partial charge on any atom is -0.494 e. The van der Waals surface area contributed by atoms with Gasteiger partial charge in [0, 0.05) is 0 Å². The summed E-state index contributed by atoms with van der Waals surface area (Å²) >= 11 is 0. The van der Waals surface area contributed by atoms with Crippen molar-refractivity contribution in [3.63, 3.8) is 0 Å². The molecule has 2 heteroatoms. The topological polar surface area (TPSA) is 35.2 Å². The molecule has 0 spiro atoms. The highest BCUT2D eigenvalue weighted by molar-refractivity contribution is 5.28. The number of hydrogen-bond acceptors (Lipinski definition) is 2. The fourth-order valence-corrected chi connectivity index (χ4v) is 2.43. The standard InChI is InChI=1S/C14H21NO/c1-2-16-13-6-4-12(5-7-13)10-14(11-15)8-3-9-14/h4-7H,2-3,8-11,15H2,1H3. The molecule has 1 aliphatic carbocycles. The smallest absolute Gasteiger partial charge is 0.119 e. The third-order valence-corrected chi connectivity index (χ3v) is 3.66. The SMILES string of the molecule is CCOc1ccc(CC2(CN)CCC2)cc1. The summed E-state index contributed by atoms with van der Waals surface area (Å²) in [6.45, 7) is 3.55. The largest absolute Gasteiger partial charge is 0.494 e. The average Bonchev–Trinajstić information content (AvgIpc) is 2.26. The van der Waals surface area contributed by atoms with E-state index in [-0.39, 0.29) is 0 Å². The molecule has 1 aliphatic rings. The molecule has 88 valence electrons. The van der Waals surface area contributed by atoms with E-state index in [1.54, 1.807) is 0 Å². The second-order valence-corrected chi connectivity index (χ2v) is 4.81. The number of ether oxygens (including phenoxy) is 1. The molecule has 2 N–H and O–H groups in total. The van der Waals surface area contributed by atoms with Gasteiger partial charge in [0.15, 0.2) is 0 Å². The van der Waals surface area contributed by atoms with Crippen LogP contribution in [-0.2, 0) is 6.42 Å². The van der Waals surface area contributed by atoms with Crippen LogP contribution in [0.15, 0.2) is 24.3 Å². The molecule has 0 aliphatic heterocycles. The molecule has 0 unspecified atom stereocenters. The first-order chi connectivity index (χ1) is 7.78. The van der Waals surface area contributed by atoms with Gasteiger partial charge in [-0.05, 0) is 55.8 Å². The predicted molar refractivity (Wildman–Crippen MR) is 66.7 cm³/mol. The molecule has 0 atom stereocenters. The van der Waals surface area contributed by atoms with Crippen LogP contribution in [0.25, 0.3) is 0 Å². The normalized spacial score (nSPS) is 17.9. The van der Waals surface area contributed by atoms with Crippen molar-refractivity contribution in [2.24, 2.45) is 11.1 Å². The summed E-state index contributed by atoms with van der Waals surface area (Å²) in [5, 5.41) is 0. The number of nitrogens with two attached hydrogens (primary N) is 1. The molecular weight excluding hydrogens is 198 g/mol. The van der Waals surface area contributed by atoms with Gasteiger partial charge in [-0.2, -0.15) is 0 Å². The summed E-state index contributed by atoms with van der Waals surface area (Å²) in [5.41, 5.74) is 7.65. The van der Waals surface area contributed by atoms with Gasteiger partial charge >= 0.3 is 0 Å². The van der Waals surface area contributed by atoms with Gasteiger partial charge in [0.1, 0.15) is 5.75 Å². The van der Waals surface area contributed by atoms with E-state index in [0.29, 0.717) is 5.41 Å². The Labute approximate surface area is 97.8 Å². The highest BCUT2D eigenvalue weighted by Crippen LogP contribution is 2.42. The number of hydrogen-bond donors (Lipinski definition) is 1. The second kappa shape index (κ2) is 4.88. The fourth-order valence-electron chi connectivity index (χ4n) is 2.43. The van der Waals surface area contributed by atoms with Crippen LogP contribution in [0.5, 0.6) is 5.75 Å². The van der Waals surface area contributed by atoms with E-state index >= 15 is 0 Å². The number of rotatable bonds is 5. The van der Waals surface area contributed by atoms with Crippen LogP contribution in [-0.4, -0.2) is 13.2 Å². The summed E-state index contributed by atoms with van der Waals surface area (Å²) in [6.07, 6.45) is 5.04. The Balaban J connectivity index is 1.99. The van der Waals surface area contributed by atoms with Gasteiger partial charge in [0.25, 0.3) is 0 Å². The molecule has 2 nitrogen and oxygen atoms in total. The van der Waals surface area contributed by atoms with Crippen LogP contribution in [0.4, 0.5) is 0 Å². The van der Waals surface area contributed by atoms with Gasteiger partial charge < -0.3 is 10.5 Å².